The van der Waals surface area contributed by atoms with Gasteiger partial charge in [-0.25, -0.2) is 4.39 Å². The minimum atomic E-state index is -0.210. The lowest BCUT2D eigenvalue weighted by molar-refractivity contribution is 0.0920. The number of carbonyl (C=O) groups is 1. The Hall–Kier alpha value is -2.21. The van der Waals surface area contributed by atoms with Crippen LogP contribution in [-0.2, 0) is 19.4 Å². The molecule has 138 valence electrons. The molecular formula is C20H25FN4O. The predicted molar refractivity (Wildman–Crippen MR) is 97.3 cm³/mol. The molecule has 26 heavy (non-hydrogen) atoms. The number of fused-ring (bicyclic) bond motifs is 1. The molecule has 0 bridgehead atoms. The van der Waals surface area contributed by atoms with Gasteiger partial charge in [-0.05, 0) is 49.9 Å². The minimum absolute atomic E-state index is 0.0752. The van der Waals surface area contributed by atoms with Gasteiger partial charge in [0.15, 0.2) is 5.69 Å². The molecule has 1 aliphatic carbocycles. The number of hydrogen-bond acceptors (Lipinski definition) is 3. The van der Waals surface area contributed by atoms with Crippen molar-refractivity contribution in [2.45, 2.75) is 44.7 Å². The van der Waals surface area contributed by atoms with Gasteiger partial charge in [0.1, 0.15) is 5.82 Å². The Kier molecular flexibility index (Phi) is 4.76. The van der Waals surface area contributed by atoms with Crippen molar-refractivity contribution in [2.24, 2.45) is 5.92 Å². The van der Waals surface area contributed by atoms with Crippen LogP contribution in [-0.4, -0.2) is 40.6 Å². The predicted octanol–water partition coefficient (Wildman–Crippen LogP) is 2.68. The van der Waals surface area contributed by atoms with E-state index in [2.05, 4.69) is 27.5 Å². The third kappa shape index (κ3) is 3.51. The summed E-state index contributed by atoms with van der Waals surface area (Å²) in [6.45, 7) is 1.75. The van der Waals surface area contributed by atoms with Crippen molar-refractivity contribution in [3.8, 4) is 0 Å². The molecule has 5 nitrogen and oxygen atoms in total. The van der Waals surface area contributed by atoms with Crippen LogP contribution < -0.4 is 5.32 Å². The largest absolute Gasteiger partial charge is 0.348 e. The Morgan fingerprint density at radius 2 is 2.15 bits per heavy atom. The van der Waals surface area contributed by atoms with Gasteiger partial charge in [-0.1, -0.05) is 18.6 Å². The van der Waals surface area contributed by atoms with Crippen LogP contribution in [0.15, 0.2) is 24.3 Å². The zero-order valence-electron chi connectivity index (χ0n) is 15.1. The number of amides is 1. The van der Waals surface area contributed by atoms with Crippen molar-refractivity contribution in [3.63, 3.8) is 0 Å². The van der Waals surface area contributed by atoms with Crippen molar-refractivity contribution >= 4 is 5.91 Å². The first-order valence-corrected chi connectivity index (χ1v) is 9.40. The van der Waals surface area contributed by atoms with E-state index in [1.807, 2.05) is 12.1 Å². The van der Waals surface area contributed by atoms with Crippen LogP contribution in [0.5, 0.6) is 0 Å². The van der Waals surface area contributed by atoms with Gasteiger partial charge in [0.05, 0.1) is 0 Å². The van der Waals surface area contributed by atoms with Crippen LogP contribution in [0.1, 0.15) is 46.6 Å². The average molecular weight is 356 g/mol. The molecule has 2 N–H and O–H groups in total. The van der Waals surface area contributed by atoms with E-state index in [9.17, 15) is 9.18 Å². The summed E-state index contributed by atoms with van der Waals surface area (Å²) in [5.74, 6) is 0.106. The molecule has 1 aromatic carbocycles. The van der Waals surface area contributed by atoms with Gasteiger partial charge < -0.3 is 10.2 Å². The second kappa shape index (κ2) is 7.19. The fourth-order valence-electron chi connectivity index (χ4n) is 4.25. The minimum Gasteiger partial charge on any atom is -0.348 e. The molecule has 4 rings (SSSR count). The fraction of sp³-hybridized carbons (Fsp3) is 0.500. The zero-order valence-corrected chi connectivity index (χ0v) is 15.1. The smallest absolute Gasteiger partial charge is 0.272 e. The van der Waals surface area contributed by atoms with E-state index in [-0.39, 0.29) is 17.8 Å². The number of carbonyl (C=O) groups excluding carboxylic acids is 1. The molecule has 1 amide bonds. The first kappa shape index (κ1) is 17.2. The molecule has 2 aromatic rings. The summed E-state index contributed by atoms with van der Waals surface area (Å²) in [5.41, 5.74) is 3.78. The quantitative estimate of drug-likeness (QED) is 0.885. The van der Waals surface area contributed by atoms with Crippen molar-refractivity contribution in [1.82, 2.24) is 20.4 Å². The first-order valence-electron chi connectivity index (χ1n) is 9.40. The monoisotopic (exact) mass is 356 g/mol. The summed E-state index contributed by atoms with van der Waals surface area (Å²) in [6.07, 6.45) is 4.96. The van der Waals surface area contributed by atoms with Crippen LogP contribution in [0.25, 0.3) is 0 Å². The number of halogens is 1. The molecule has 0 radical (unpaired) electrons. The number of hydrogen-bond donors (Lipinski definition) is 2. The summed E-state index contributed by atoms with van der Waals surface area (Å²) in [6, 6.07) is 6.84. The Morgan fingerprint density at radius 1 is 1.35 bits per heavy atom. The van der Waals surface area contributed by atoms with E-state index in [1.54, 1.807) is 0 Å². The fourth-order valence-corrected chi connectivity index (χ4v) is 4.25. The van der Waals surface area contributed by atoms with Gasteiger partial charge in [0.25, 0.3) is 5.91 Å². The van der Waals surface area contributed by atoms with Crippen LogP contribution in [0, 0.1) is 11.7 Å². The maximum atomic E-state index is 13.1. The molecule has 1 fully saturated rings. The molecule has 1 aromatic heterocycles. The molecule has 6 heteroatoms. The van der Waals surface area contributed by atoms with Crippen LogP contribution >= 0.6 is 0 Å². The summed E-state index contributed by atoms with van der Waals surface area (Å²) in [7, 11) is 2.06. The van der Waals surface area contributed by atoms with Crippen molar-refractivity contribution in [3.05, 3.63) is 52.6 Å². The summed E-state index contributed by atoms with van der Waals surface area (Å²) in [4.78, 5) is 15.0. The lowest BCUT2D eigenvalue weighted by Gasteiger charge is -2.23. The van der Waals surface area contributed by atoms with E-state index < -0.39 is 0 Å². The standard InChI is InChI=1S/C20H25FN4O/c1-25-10-9-18-16(12-25)19(24-23-18)20(26)22-17-4-2-3-14(17)11-13-5-7-15(21)8-6-13/h5-8,14,17H,2-4,9-12H2,1H3,(H,22,26)(H,23,24)/t14-,17-/m0/s1. The Balaban J connectivity index is 1.44. The third-order valence-electron chi connectivity index (χ3n) is 5.73. The van der Waals surface area contributed by atoms with E-state index in [4.69, 9.17) is 0 Å². The summed E-state index contributed by atoms with van der Waals surface area (Å²) in [5, 5.41) is 10.5. The van der Waals surface area contributed by atoms with Crippen LogP contribution in [0.2, 0.25) is 0 Å². The lowest BCUT2D eigenvalue weighted by Crippen LogP contribution is -2.39. The Morgan fingerprint density at radius 3 is 2.96 bits per heavy atom. The Labute approximate surface area is 153 Å². The van der Waals surface area contributed by atoms with Gasteiger partial charge in [-0.3, -0.25) is 9.89 Å². The highest BCUT2D eigenvalue weighted by molar-refractivity contribution is 5.94. The lowest BCUT2D eigenvalue weighted by atomic mass is 9.94. The van der Waals surface area contributed by atoms with Gasteiger partial charge in [0, 0.05) is 36.8 Å². The molecule has 2 atom stereocenters. The molecule has 2 aliphatic rings. The molecular weight excluding hydrogens is 331 g/mol. The third-order valence-corrected chi connectivity index (χ3v) is 5.73. The SMILES string of the molecule is CN1CCc2[nH]nc(C(=O)N[C@H]3CCC[C@H]3Cc3ccc(F)cc3)c2C1. The summed E-state index contributed by atoms with van der Waals surface area (Å²) >= 11 is 0. The van der Waals surface area contributed by atoms with Crippen molar-refractivity contribution < 1.29 is 9.18 Å². The molecule has 1 saturated carbocycles. The summed E-state index contributed by atoms with van der Waals surface area (Å²) < 4.78 is 13.1. The topological polar surface area (TPSA) is 61.0 Å². The number of nitrogens with zero attached hydrogens (tertiary/aromatic N) is 2. The van der Waals surface area contributed by atoms with Crippen LogP contribution in [0.3, 0.4) is 0 Å². The highest BCUT2D eigenvalue weighted by atomic mass is 19.1. The average Bonchev–Trinajstić information content (AvgIpc) is 3.23. The van der Waals surface area contributed by atoms with Gasteiger partial charge in [-0.2, -0.15) is 5.10 Å². The molecule has 0 spiro atoms. The number of aromatic nitrogens is 2. The number of rotatable bonds is 4. The highest BCUT2D eigenvalue weighted by Crippen LogP contribution is 2.29. The zero-order chi connectivity index (χ0) is 18.1. The maximum absolute atomic E-state index is 13.1. The maximum Gasteiger partial charge on any atom is 0.272 e. The van der Waals surface area contributed by atoms with E-state index in [0.717, 1.165) is 62.0 Å². The highest BCUT2D eigenvalue weighted by Gasteiger charge is 2.31. The van der Waals surface area contributed by atoms with Gasteiger partial charge in [0.2, 0.25) is 0 Å². The second-order valence-corrected chi connectivity index (χ2v) is 7.62. The van der Waals surface area contributed by atoms with E-state index in [1.165, 1.54) is 12.1 Å². The molecule has 0 saturated heterocycles. The molecule has 1 aliphatic heterocycles. The number of nitrogens with one attached hydrogen (secondary N) is 2. The van der Waals surface area contributed by atoms with Gasteiger partial charge >= 0.3 is 0 Å². The second-order valence-electron chi connectivity index (χ2n) is 7.62. The Bertz CT molecular complexity index is 786. The van der Waals surface area contributed by atoms with Crippen molar-refractivity contribution in [2.75, 3.05) is 13.6 Å². The van der Waals surface area contributed by atoms with Crippen molar-refractivity contribution in [1.29, 1.82) is 0 Å². The van der Waals surface area contributed by atoms with Gasteiger partial charge in [-0.15, -0.1) is 0 Å². The number of likely N-dealkylation sites (N-methyl/N-ethyl adjacent to an activating group) is 1. The van der Waals surface area contributed by atoms with Crippen LogP contribution in [0.4, 0.5) is 4.39 Å². The number of benzene rings is 1. The first-order chi connectivity index (χ1) is 12.6. The van der Waals surface area contributed by atoms with E-state index >= 15 is 0 Å². The normalized spacial score (nSPS) is 23.0. The van der Waals surface area contributed by atoms with E-state index in [0.29, 0.717) is 11.6 Å². The molecule has 2 heterocycles. The molecule has 0 unspecified atom stereocenters. The number of H-pyrrole nitrogens is 1. The number of aromatic amines is 1.